The maximum Gasteiger partial charge on any atom is 0.345 e. The summed E-state index contributed by atoms with van der Waals surface area (Å²) in [5.74, 6) is -0.0177. The van der Waals surface area contributed by atoms with Crippen LogP contribution in [0.4, 0.5) is 4.39 Å². The second-order valence-corrected chi connectivity index (χ2v) is 7.46. The second-order valence-electron chi connectivity index (χ2n) is 7.46. The summed E-state index contributed by atoms with van der Waals surface area (Å²) in [4.78, 5) is 28.1. The first-order chi connectivity index (χ1) is 13.4. The van der Waals surface area contributed by atoms with Crippen molar-refractivity contribution in [3.8, 4) is 0 Å². The molecule has 0 bridgehead atoms. The van der Waals surface area contributed by atoms with Crippen molar-refractivity contribution in [1.82, 2.24) is 24.6 Å². The van der Waals surface area contributed by atoms with Crippen LogP contribution in [0.2, 0.25) is 0 Å². The van der Waals surface area contributed by atoms with Crippen LogP contribution in [0.5, 0.6) is 0 Å². The number of hydrogen-bond donors (Lipinski definition) is 2. The van der Waals surface area contributed by atoms with Crippen LogP contribution in [-0.2, 0) is 37.8 Å². The Labute approximate surface area is 161 Å². The summed E-state index contributed by atoms with van der Waals surface area (Å²) in [5, 5.41) is 7.97. The Kier molecular flexibility index (Phi) is 4.56. The molecule has 3 heterocycles. The zero-order chi connectivity index (χ0) is 20.0. The van der Waals surface area contributed by atoms with Crippen LogP contribution >= 0.6 is 0 Å². The van der Waals surface area contributed by atoms with Crippen molar-refractivity contribution in [2.24, 2.45) is 13.0 Å². The van der Waals surface area contributed by atoms with Crippen molar-refractivity contribution < 1.29 is 9.18 Å². The molecule has 2 aromatic heterocycles. The predicted molar refractivity (Wildman–Crippen MR) is 103 cm³/mol. The fourth-order valence-corrected chi connectivity index (χ4v) is 4.09. The number of aryl methyl sites for hydroxylation is 4. The summed E-state index contributed by atoms with van der Waals surface area (Å²) in [6.45, 7) is 4.59. The zero-order valence-electron chi connectivity index (χ0n) is 16.3. The topological polar surface area (TPSA) is 84.7 Å². The standard InChI is InChI=1S/C20H24FN5O2/c1-4-16-11(2)15-8-14(21)7-13(18(15)23-16)9-22-19(27)12-5-6-17-24-25(3)20(28)26(17)10-12/h7-8,12,23H,4-6,9-10H2,1-3H3,(H,22,27). The first-order valence-electron chi connectivity index (χ1n) is 9.59. The van der Waals surface area contributed by atoms with Crippen LogP contribution in [0.25, 0.3) is 10.9 Å². The summed E-state index contributed by atoms with van der Waals surface area (Å²) in [7, 11) is 1.61. The molecule has 0 saturated heterocycles. The number of halogens is 1. The SMILES string of the molecule is CCc1[nH]c2c(CNC(=O)C3CCc4nn(C)c(=O)n4C3)cc(F)cc2c1C. The highest BCUT2D eigenvalue weighted by atomic mass is 19.1. The minimum atomic E-state index is -0.314. The molecule has 1 aromatic carbocycles. The molecule has 1 aliphatic rings. The third-order valence-corrected chi connectivity index (χ3v) is 5.70. The molecule has 0 fully saturated rings. The third-order valence-electron chi connectivity index (χ3n) is 5.70. The molecule has 1 aliphatic heterocycles. The number of H-pyrrole nitrogens is 1. The number of aromatic nitrogens is 4. The number of carbonyl (C=O) groups is 1. The molecule has 3 aromatic rings. The van der Waals surface area contributed by atoms with Crippen molar-refractivity contribution in [2.75, 3.05) is 0 Å². The summed E-state index contributed by atoms with van der Waals surface area (Å²) >= 11 is 0. The van der Waals surface area contributed by atoms with E-state index in [1.807, 2.05) is 13.8 Å². The van der Waals surface area contributed by atoms with E-state index in [9.17, 15) is 14.0 Å². The molecule has 1 amide bonds. The Balaban J connectivity index is 1.53. The molecule has 8 heteroatoms. The predicted octanol–water partition coefficient (Wildman–Crippen LogP) is 1.95. The minimum absolute atomic E-state index is 0.127. The molecule has 148 valence electrons. The molecule has 2 N–H and O–H groups in total. The van der Waals surface area contributed by atoms with Crippen LogP contribution in [0.15, 0.2) is 16.9 Å². The third kappa shape index (κ3) is 3.02. The van der Waals surface area contributed by atoms with Gasteiger partial charge in [-0.1, -0.05) is 6.92 Å². The van der Waals surface area contributed by atoms with Gasteiger partial charge in [0.25, 0.3) is 0 Å². The lowest BCUT2D eigenvalue weighted by atomic mass is 9.98. The van der Waals surface area contributed by atoms with E-state index in [1.165, 1.54) is 16.8 Å². The van der Waals surface area contributed by atoms with Gasteiger partial charge in [-0.2, -0.15) is 5.10 Å². The maximum atomic E-state index is 14.1. The highest BCUT2D eigenvalue weighted by Crippen LogP contribution is 2.26. The highest BCUT2D eigenvalue weighted by molar-refractivity contribution is 5.88. The number of benzene rings is 1. The van der Waals surface area contributed by atoms with Crippen LogP contribution in [0.3, 0.4) is 0 Å². The molecule has 0 spiro atoms. The molecule has 0 saturated carbocycles. The minimum Gasteiger partial charge on any atom is -0.358 e. The number of rotatable bonds is 4. The Morgan fingerprint density at radius 1 is 1.43 bits per heavy atom. The highest BCUT2D eigenvalue weighted by Gasteiger charge is 2.27. The van der Waals surface area contributed by atoms with Gasteiger partial charge in [-0.05, 0) is 43.0 Å². The van der Waals surface area contributed by atoms with Gasteiger partial charge >= 0.3 is 5.69 Å². The normalized spacial score (nSPS) is 16.4. The second kappa shape index (κ2) is 6.92. The van der Waals surface area contributed by atoms with Crippen molar-refractivity contribution in [1.29, 1.82) is 0 Å². The summed E-state index contributed by atoms with van der Waals surface area (Å²) < 4.78 is 17.0. The van der Waals surface area contributed by atoms with Crippen molar-refractivity contribution in [2.45, 2.75) is 46.2 Å². The number of fused-ring (bicyclic) bond motifs is 2. The van der Waals surface area contributed by atoms with Gasteiger partial charge in [-0.25, -0.2) is 13.9 Å². The van der Waals surface area contributed by atoms with Gasteiger partial charge in [-0.15, -0.1) is 0 Å². The number of nitrogens with zero attached hydrogens (tertiary/aromatic N) is 3. The van der Waals surface area contributed by atoms with Gasteiger partial charge in [0.2, 0.25) is 5.91 Å². The monoisotopic (exact) mass is 385 g/mol. The lowest BCUT2D eigenvalue weighted by Gasteiger charge is -2.21. The van der Waals surface area contributed by atoms with Crippen LogP contribution in [0.1, 0.15) is 36.0 Å². The summed E-state index contributed by atoms with van der Waals surface area (Å²) in [6.07, 6.45) is 2.06. The van der Waals surface area contributed by atoms with Gasteiger partial charge in [-0.3, -0.25) is 9.36 Å². The first kappa shape index (κ1) is 18.5. The number of aromatic amines is 1. The lowest BCUT2D eigenvalue weighted by molar-refractivity contribution is -0.126. The van der Waals surface area contributed by atoms with Gasteiger partial charge in [0.05, 0.1) is 11.4 Å². The quantitative estimate of drug-likeness (QED) is 0.720. The Morgan fingerprint density at radius 3 is 2.96 bits per heavy atom. The van der Waals surface area contributed by atoms with Gasteiger partial charge in [0.15, 0.2) is 0 Å². The molecular weight excluding hydrogens is 361 g/mol. The fourth-order valence-electron chi connectivity index (χ4n) is 4.09. The number of amides is 1. The van der Waals surface area contributed by atoms with Crippen LogP contribution in [-0.4, -0.2) is 25.2 Å². The van der Waals surface area contributed by atoms with E-state index in [2.05, 4.69) is 15.4 Å². The largest absolute Gasteiger partial charge is 0.358 e. The van der Waals surface area contributed by atoms with Gasteiger partial charge < -0.3 is 10.3 Å². The maximum absolute atomic E-state index is 14.1. The average Bonchev–Trinajstić information content (AvgIpc) is 3.15. The first-order valence-corrected chi connectivity index (χ1v) is 9.59. The lowest BCUT2D eigenvalue weighted by Crippen LogP contribution is -2.38. The number of nitrogens with one attached hydrogen (secondary N) is 2. The molecule has 1 atom stereocenters. The van der Waals surface area contributed by atoms with Gasteiger partial charge in [0, 0.05) is 37.6 Å². The Hall–Kier alpha value is -2.90. The average molecular weight is 385 g/mol. The van der Waals surface area contributed by atoms with E-state index in [4.69, 9.17) is 0 Å². The van der Waals surface area contributed by atoms with Crippen molar-refractivity contribution in [3.63, 3.8) is 0 Å². The smallest absolute Gasteiger partial charge is 0.345 e. The number of carbonyl (C=O) groups excluding carboxylic acids is 1. The van der Waals surface area contributed by atoms with E-state index in [0.717, 1.165) is 40.0 Å². The molecule has 4 rings (SSSR count). The van der Waals surface area contributed by atoms with E-state index >= 15 is 0 Å². The molecule has 7 nitrogen and oxygen atoms in total. The zero-order valence-corrected chi connectivity index (χ0v) is 16.3. The Morgan fingerprint density at radius 2 is 2.21 bits per heavy atom. The molecule has 0 radical (unpaired) electrons. The van der Waals surface area contributed by atoms with Crippen molar-refractivity contribution >= 4 is 16.8 Å². The molecule has 0 aliphatic carbocycles. The van der Waals surface area contributed by atoms with Crippen LogP contribution in [0, 0.1) is 18.7 Å². The number of hydrogen-bond acceptors (Lipinski definition) is 3. The van der Waals surface area contributed by atoms with E-state index in [0.29, 0.717) is 19.4 Å². The van der Waals surface area contributed by atoms with E-state index in [-0.39, 0.29) is 29.9 Å². The van der Waals surface area contributed by atoms with E-state index < -0.39 is 0 Å². The summed E-state index contributed by atoms with van der Waals surface area (Å²) in [6, 6.07) is 2.99. The van der Waals surface area contributed by atoms with Crippen LogP contribution < -0.4 is 11.0 Å². The van der Waals surface area contributed by atoms with Gasteiger partial charge in [0.1, 0.15) is 11.6 Å². The molecule has 1 unspecified atom stereocenters. The molecule has 28 heavy (non-hydrogen) atoms. The van der Waals surface area contributed by atoms with Crippen molar-refractivity contribution in [3.05, 3.63) is 51.1 Å². The summed E-state index contributed by atoms with van der Waals surface area (Å²) in [5.41, 5.74) is 3.50. The fraction of sp³-hybridized carbons (Fsp3) is 0.450. The van der Waals surface area contributed by atoms with E-state index in [1.54, 1.807) is 11.6 Å². The molecular formula is C20H24FN5O2. The Bertz CT molecular complexity index is 1120.